The molecule has 4 nitrogen and oxygen atoms in total. The molecule has 1 fully saturated rings. The second kappa shape index (κ2) is 5.63. The maximum Gasteiger partial charge on any atom is 0.225 e. The van der Waals surface area contributed by atoms with Gasteiger partial charge in [-0.3, -0.25) is 10.2 Å². The first-order valence-corrected chi connectivity index (χ1v) is 6.22. The summed E-state index contributed by atoms with van der Waals surface area (Å²) in [5, 5.41) is 2.75. The number of hydrazine groups is 1. The fourth-order valence-electron chi connectivity index (χ4n) is 2.02. The minimum atomic E-state index is -0.962. The smallest absolute Gasteiger partial charge is 0.225 e. The molecule has 0 radical (unpaired) electrons. The molecule has 19 heavy (non-hydrogen) atoms. The molecule has 3 unspecified atom stereocenters. The second-order valence-corrected chi connectivity index (χ2v) is 4.87. The summed E-state index contributed by atoms with van der Waals surface area (Å²) in [6.07, 6.45) is -0.387. The number of halogens is 2. The fraction of sp³-hybridized carbons (Fsp3) is 0.462. The lowest BCUT2D eigenvalue weighted by molar-refractivity contribution is -0.121. The van der Waals surface area contributed by atoms with Gasteiger partial charge in [0.1, 0.15) is 0 Å². The first-order chi connectivity index (χ1) is 8.99. The van der Waals surface area contributed by atoms with E-state index in [9.17, 15) is 13.6 Å². The number of benzene rings is 1. The van der Waals surface area contributed by atoms with Crippen LogP contribution >= 0.6 is 0 Å². The van der Waals surface area contributed by atoms with Gasteiger partial charge in [-0.25, -0.2) is 14.2 Å². The Kier molecular flexibility index (Phi) is 4.11. The predicted octanol–water partition coefficient (Wildman–Crippen LogP) is 1.08. The number of nitrogens with one attached hydrogen (secondary N) is 3. The Bertz CT molecular complexity index is 481. The Hall–Kier alpha value is -1.53. The maximum absolute atomic E-state index is 13.4. The molecule has 0 spiro atoms. The van der Waals surface area contributed by atoms with E-state index < -0.39 is 11.6 Å². The molecule has 1 saturated heterocycles. The SMILES string of the molecule is CC1NNC(NC(=O)Cc2cccc(F)c2F)C1C. The van der Waals surface area contributed by atoms with Gasteiger partial charge in [0.2, 0.25) is 5.91 Å². The third kappa shape index (κ3) is 3.08. The van der Waals surface area contributed by atoms with E-state index in [1.165, 1.54) is 12.1 Å². The molecule has 2 rings (SSSR count). The van der Waals surface area contributed by atoms with Gasteiger partial charge in [-0.05, 0) is 13.0 Å². The predicted molar refractivity (Wildman–Crippen MR) is 66.9 cm³/mol. The number of rotatable bonds is 3. The molecule has 0 aromatic heterocycles. The molecule has 1 aromatic carbocycles. The van der Waals surface area contributed by atoms with Gasteiger partial charge in [-0.1, -0.05) is 19.1 Å². The first-order valence-electron chi connectivity index (χ1n) is 6.22. The summed E-state index contributed by atoms with van der Waals surface area (Å²) in [7, 11) is 0. The van der Waals surface area contributed by atoms with Crippen LogP contribution in [0.5, 0.6) is 0 Å². The van der Waals surface area contributed by atoms with Crippen molar-refractivity contribution < 1.29 is 13.6 Å². The van der Waals surface area contributed by atoms with Crippen molar-refractivity contribution in [1.29, 1.82) is 0 Å². The van der Waals surface area contributed by atoms with E-state index in [-0.39, 0.29) is 36.0 Å². The molecule has 1 heterocycles. The maximum atomic E-state index is 13.4. The summed E-state index contributed by atoms with van der Waals surface area (Å²) in [6, 6.07) is 4.06. The highest BCUT2D eigenvalue weighted by atomic mass is 19.2. The van der Waals surface area contributed by atoms with Crippen LogP contribution in [-0.2, 0) is 11.2 Å². The zero-order valence-electron chi connectivity index (χ0n) is 10.8. The molecule has 1 amide bonds. The van der Waals surface area contributed by atoms with Crippen molar-refractivity contribution in [3.8, 4) is 0 Å². The van der Waals surface area contributed by atoms with Crippen LogP contribution in [0.3, 0.4) is 0 Å². The number of carbonyl (C=O) groups excluding carboxylic acids is 1. The first kappa shape index (κ1) is 13.9. The summed E-state index contributed by atoms with van der Waals surface area (Å²) < 4.78 is 26.5. The molecule has 0 aliphatic carbocycles. The van der Waals surface area contributed by atoms with Gasteiger partial charge < -0.3 is 5.32 Å². The minimum Gasteiger partial charge on any atom is -0.339 e. The summed E-state index contributed by atoms with van der Waals surface area (Å²) in [4.78, 5) is 11.8. The van der Waals surface area contributed by atoms with E-state index in [4.69, 9.17) is 0 Å². The van der Waals surface area contributed by atoms with Crippen LogP contribution < -0.4 is 16.2 Å². The van der Waals surface area contributed by atoms with E-state index in [2.05, 4.69) is 16.2 Å². The standard InChI is InChI=1S/C13H17F2N3O/c1-7-8(2)17-18-13(7)16-11(19)6-9-4-3-5-10(14)12(9)15/h3-5,7-8,13,17-18H,6H2,1-2H3,(H,16,19). The van der Waals surface area contributed by atoms with Gasteiger partial charge in [0.05, 0.1) is 12.6 Å². The topological polar surface area (TPSA) is 53.2 Å². The van der Waals surface area contributed by atoms with Crippen LogP contribution in [0.1, 0.15) is 19.4 Å². The molecule has 1 aliphatic heterocycles. The van der Waals surface area contributed by atoms with E-state index in [0.29, 0.717) is 0 Å². The van der Waals surface area contributed by atoms with Crippen LogP contribution in [0.4, 0.5) is 8.78 Å². The number of carbonyl (C=O) groups is 1. The third-order valence-corrected chi connectivity index (χ3v) is 3.48. The van der Waals surface area contributed by atoms with E-state index in [1.807, 2.05) is 13.8 Å². The molecule has 6 heteroatoms. The van der Waals surface area contributed by atoms with E-state index in [1.54, 1.807) is 0 Å². The van der Waals surface area contributed by atoms with Crippen molar-refractivity contribution in [2.75, 3.05) is 0 Å². The van der Waals surface area contributed by atoms with Crippen molar-refractivity contribution in [1.82, 2.24) is 16.2 Å². The van der Waals surface area contributed by atoms with Crippen LogP contribution in [0.15, 0.2) is 18.2 Å². The highest BCUT2D eigenvalue weighted by Crippen LogP contribution is 2.14. The van der Waals surface area contributed by atoms with Crippen molar-refractivity contribution in [3.63, 3.8) is 0 Å². The lowest BCUT2D eigenvalue weighted by Gasteiger charge is -2.17. The van der Waals surface area contributed by atoms with Crippen molar-refractivity contribution >= 4 is 5.91 Å². The normalized spacial score (nSPS) is 26.4. The molecule has 1 aliphatic rings. The van der Waals surface area contributed by atoms with Gasteiger partial charge >= 0.3 is 0 Å². The summed E-state index contributed by atoms with van der Waals surface area (Å²) in [6.45, 7) is 3.99. The molecule has 104 valence electrons. The summed E-state index contributed by atoms with van der Waals surface area (Å²) >= 11 is 0. The minimum absolute atomic E-state index is 0.0594. The van der Waals surface area contributed by atoms with Gasteiger partial charge in [0, 0.05) is 17.5 Å². The van der Waals surface area contributed by atoms with Crippen molar-refractivity contribution in [2.45, 2.75) is 32.5 Å². The van der Waals surface area contributed by atoms with Crippen LogP contribution in [0.2, 0.25) is 0 Å². The molecule has 3 atom stereocenters. The highest BCUT2D eigenvalue weighted by Gasteiger charge is 2.30. The Morgan fingerprint density at radius 1 is 1.32 bits per heavy atom. The Balaban J connectivity index is 1.96. The van der Waals surface area contributed by atoms with Gasteiger partial charge in [0.15, 0.2) is 11.6 Å². The zero-order chi connectivity index (χ0) is 14.0. The van der Waals surface area contributed by atoms with Crippen molar-refractivity contribution in [3.05, 3.63) is 35.4 Å². The molecular weight excluding hydrogens is 252 g/mol. The lowest BCUT2D eigenvalue weighted by atomic mass is 10.0. The molecule has 0 bridgehead atoms. The second-order valence-electron chi connectivity index (χ2n) is 4.87. The van der Waals surface area contributed by atoms with E-state index in [0.717, 1.165) is 6.07 Å². The van der Waals surface area contributed by atoms with Crippen molar-refractivity contribution in [2.24, 2.45) is 5.92 Å². The summed E-state index contributed by atoms with van der Waals surface area (Å²) in [5.74, 6) is -2.03. The molecule has 0 saturated carbocycles. The average Bonchev–Trinajstić information content (AvgIpc) is 2.67. The van der Waals surface area contributed by atoms with Crippen LogP contribution in [-0.4, -0.2) is 18.1 Å². The Morgan fingerprint density at radius 2 is 2.05 bits per heavy atom. The monoisotopic (exact) mass is 269 g/mol. The number of amides is 1. The van der Waals surface area contributed by atoms with E-state index >= 15 is 0 Å². The fourth-order valence-corrected chi connectivity index (χ4v) is 2.02. The van der Waals surface area contributed by atoms with Gasteiger partial charge in [-0.2, -0.15) is 0 Å². The van der Waals surface area contributed by atoms with Gasteiger partial charge in [-0.15, -0.1) is 0 Å². The number of hydrogen-bond acceptors (Lipinski definition) is 3. The summed E-state index contributed by atoms with van der Waals surface area (Å²) in [5.41, 5.74) is 6.02. The lowest BCUT2D eigenvalue weighted by Crippen LogP contribution is -2.47. The zero-order valence-corrected chi connectivity index (χ0v) is 10.8. The molecule has 3 N–H and O–H groups in total. The number of hydrogen-bond donors (Lipinski definition) is 3. The van der Waals surface area contributed by atoms with Crippen LogP contribution in [0.25, 0.3) is 0 Å². The molecule has 1 aromatic rings. The third-order valence-electron chi connectivity index (χ3n) is 3.48. The molecular formula is C13H17F2N3O. The Morgan fingerprint density at radius 3 is 2.68 bits per heavy atom. The average molecular weight is 269 g/mol. The van der Waals surface area contributed by atoms with Crippen LogP contribution in [0, 0.1) is 17.6 Å². The Labute approximate surface area is 110 Å². The quantitative estimate of drug-likeness (QED) is 0.769. The largest absolute Gasteiger partial charge is 0.339 e. The highest BCUT2D eigenvalue weighted by molar-refractivity contribution is 5.78. The van der Waals surface area contributed by atoms with Gasteiger partial charge in [0.25, 0.3) is 0 Å².